The average molecular weight is 646 g/mol. The fourth-order valence-corrected chi connectivity index (χ4v) is 4.94. The zero-order chi connectivity index (χ0) is 28.2. The van der Waals surface area contributed by atoms with Gasteiger partial charge in [-0.2, -0.15) is 0 Å². The van der Waals surface area contributed by atoms with Crippen LogP contribution in [0.4, 0.5) is 10.5 Å². The van der Waals surface area contributed by atoms with E-state index in [1.165, 1.54) is 0 Å². The molecule has 1 aliphatic rings. The summed E-state index contributed by atoms with van der Waals surface area (Å²) in [5, 5.41) is 5.78. The lowest BCUT2D eigenvalue weighted by molar-refractivity contribution is -0.697. The standard InChI is InChI=1S/C30H33BrN4O5.ClH/c31-24-9-6-10-25(22-24)35(27(36)12-7-18-34-16-4-1-5-17-34)19-21-40-30(38)33-15-20-39-29(37)28-26-11-3-2-8-23(26)13-14-32-28;/h1-6,8-11,16-17,22,28,32H,7,12-15,18-21H2;1H. The predicted molar refractivity (Wildman–Crippen MR) is 154 cm³/mol. The molecule has 41 heavy (non-hydrogen) atoms. The molecule has 9 nitrogen and oxygen atoms in total. The van der Waals surface area contributed by atoms with Crippen LogP contribution < -0.4 is 32.5 Å². The minimum Gasteiger partial charge on any atom is -1.00 e. The number of fused-ring (bicyclic) bond motifs is 1. The Hall–Kier alpha value is -3.47. The summed E-state index contributed by atoms with van der Waals surface area (Å²) in [6.45, 7) is 1.79. The summed E-state index contributed by atoms with van der Waals surface area (Å²) in [7, 11) is 0. The summed E-state index contributed by atoms with van der Waals surface area (Å²) >= 11 is 3.46. The molecule has 0 aliphatic carbocycles. The molecule has 0 fully saturated rings. The maximum Gasteiger partial charge on any atom is 0.407 e. The lowest BCUT2D eigenvalue weighted by atomic mass is 9.94. The summed E-state index contributed by atoms with van der Waals surface area (Å²) in [6.07, 6.45) is 5.20. The number of anilines is 1. The van der Waals surface area contributed by atoms with Crippen molar-refractivity contribution in [1.82, 2.24) is 10.6 Å². The van der Waals surface area contributed by atoms with Crippen molar-refractivity contribution >= 4 is 39.6 Å². The first-order valence-electron chi connectivity index (χ1n) is 13.4. The van der Waals surface area contributed by atoms with Crippen LogP contribution in [0, 0.1) is 0 Å². The smallest absolute Gasteiger partial charge is 0.407 e. The Labute approximate surface area is 254 Å². The van der Waals surface area contributed by atoms with Crippen molar-refractivity contribution in [3.8, 4) is 0 Å². The van der Waals surface area contributed by atoms with Gasteiger partial charge in [0, 0.05) is 41.7 Å². The minimum atomic E-state index is -0.640. The van der Waals surface area contributed by atoms with E-state index >= 15 is 0 Å². The van der Waals surface area contributed by atoms with Gasteiger partial charge < -0.3 is 37.4 Å². The number of nitrogens with one attached hydrogen (secondary N) is 2. The molecule has 2 heterocycles. The summed E-state index contributed by atoms with van der Waals surface area (Å²) in [5.41, 5.74) is 2.78. The number of aromatic nitrogens is 1. The van der Waals surface area contributed by atoms with E-state index in [4.69, 9.17) is 9.47 Å². The highest BCUT2D eigenvalue weighted by atomic mass is 79.9. The number of rotatable bonds is 12. The quantitative estimate of drug-likeness (QED) is 0.171. The van der Waals surface area contributed by atoms with Gasteiger partial charge in [0.1, 0.15) is 25.8 Å². The number of aryl methyl sites for hydroxylation is 1. The second-order valence-corrected chi connectivity index (χ2v) is 10.2. The summed E-state index contributed by atoms with van der Waals surface area (Å²) in [4.78, 5) is 39.5. The first-order valence-corrected chi connectivity index (χ1v) is 14.2. The first kappa shape index (κ1) is 32.0. The molecule has 0 saturated heterocycles. The van der Waals surface area contributed by atoms with Gasteiger partial charge >= 0.3 is 12.1 Å². The third-order valence-electron chi connectivity index (χ3n) is 6.51. The number of nitrogens with zero attached hydrogens (tertiary/aromatic N) is 2. The molecule has 1 atom stereocenters. The van der Waals surface area contributed by atoms with Crippen LogP contribution in [0.5, 0.6) is 0 Å². The Morgan fingerprint density at radius 2 is 1.80 bits per heavy atom. The van der Waals surface area contributed by atoms with Gasteiger partial charge in [0.05, 0.1) is 13.1 Å². The van der Waals surface area contributed by atoms with Crippen LogP contribution in [0.15, 0.2) is 83.6 Å². The van der Waals surface area contributed by atoms with E-state index in [2.05, 4.69) is 26.6 Å². The molecular weight excluding hydrogens is 612 g/mol. The van der Waals surface area contributed by atoms with Crippen LogP contribution in [0.1, 0.15) is 30.0 Å². The molecule has 2 aromatic carbocycles. The molecule has 4 rings (SSSR count). The van der Waals surface area contributed by atoms with Gasteiger partial charge in [-0.1, -0.05) is 52.3 Å². The van der Waals surface area contributed by atoms with Crippen LogP contribution in [-0.2, 0) is 32.0 Å². The average Bonchev–Trinajstić information content (AvgIpc) is 2.97. The lowest BCUT2D eigenvalue weighted by Gasteiger charge is -2.25. The predicted octanol–water partition coefficient (Wildman–Crippen LogP) is 0.710. The number of esters is 1. The highest BCUT2D eigenvalue weighted by Gasteiger charge is 2.27. The molecule has 0 bridgehead atoms. The molecule has 1 unspecified atom stereocenters. The topological polar surface area (TPSA) is 101 Å². The Balaban J connectivity index is 0.00000462. The summed E-state index contributed by atoms with van der Waals surface area (Å²) in [6, 6.07) is 20.6. The van der Waals surface area contributed by atoms with Crippen molar-refractivity contribution in [3.05, 3.63) is 94.7 Å². The van der Waals surface area contributed by atoms with Gasteiger partial charge in [-0.25, -0.2) is 14.2 Å². The molecule has 0 spiro atoms. The van der Waals surface area contributed by atoms with Crippen molar-refractivity contribution in [2.75, 3.05) is 37.7 Å². The second-order valence-electron chi connectivity index (χ2n) is 9.31. The van der Waals surface area contributed by atoms with Crippen LogP contribution >= 0.6 is 15.9 Å². The van der Waals surface area contributed by atoms with Crippen LogP contribution in [0.2, 0.25) is 0 Å². The van der Waals surface area contributed by atoms with Gasteiger partial charge in [-0.3, -0.25) is 4.79 Å². The first-order chi connectivity index (χ1) is 19.5. The normalized spacial score (nSPS) is 13.7. The Kier molecular flexibility index (Phi) is 13.1. The number of hydrogen-bond donors (Lipinski definition) is 2. The fraction of sp³-hybridized carbons (Fsp3) is 0.333. The number of benzene rings is 2. The lowest BCUT2D eigenvalue weighted by Crippen LogP contribution is -3.00. The minimum absolute atomic E-state index is 0. The molecule has 2 amide bonds. The van der Waals surface area contributed by atoms with Crippen molar-refractivity contribution in [2.24, 2.45) is 0 Å². The van der Waals surface area contributed by atoms with E-state index in [1.807, 2.05) is 83.7 Å². The maximum absolute atomic E-state index is 13.1. The number of alkyl carbamates (subject to hydrolysis) is 1. The van der Waals surface area contributed by atoms with E-state index in [0.29, 0.717) is 19.4 Å². The second kappa shape index (κ2) is 16.7. The number of pyridine rings is 1. The largest absolute Gasteiger partial charge is 1.00 e. The number of carbonyl (C=O) groups excluding carboxylic acids is 3. The molecule has 2 N–H and O–H groups in total. The molecule has 0 saturated carbocycles. The van der Waals surface area contributed by atoms with Crippen molar-refractivity contribution in [3.63, 3.8) is 0 Å². The number of carbonyl (C=O) groups is 3. The van der Waals surface area contributed by atoms with Crippen molar-refractivity contribution < 1.29 is 40.8 Å². The van der Waals surface area contributed by atoms with Gasteiger partial charge in [0.2, 0.25) is 5.91 Å². The number of hydrogen-bond acceptors (Lipinski definition) is 6. The summed E-state index contributed by atoms with van der Waals surface area (Å²) in [5.74, 6) is -0.431. The van der Waals surface area contributed by atoms with E-state index in [1.54, 1.807) is 4.90 Å². The molecule has 1 aliphatic heterocycles. The Bertz CT molecular complexity index is 1300. The van der Waals surface area contributed by atoms with E-state index in [-0.39, 0.29) is 50.6 Å². The van der Waals surface area contributed by atoms with Crippen LogP contribution in [0.25, 0.3) is 0 Å². The third kappa shape index (κ3) is 9.84. The van der Waals surface area contributed by atoms with Crippen LogP contribution in [-0.4, -0.2) is 50.8 Å². The molecule has 1 aromatic heterocycles. The maximum atomic E-state index is 13.1. The zero-order valence-electron chi connectivity index (χ0n) is 22.6. The highest BCUT2D eigenvalue weighted by molar-refractivity contribution is 9.10. The van der Waals surface area contributed by atoms with Crippen LogP contribution in [0.3, 0.4) is 0 Å². The van der Waals surface area contributed by atoms with Gasteiger partial charge in [0.15, 0.2) is 12.4 Å². The molecular formula is C30H34BrClN4O5. The Morgan fingerprint density at radius 1 is 1.00 bits per heavy atom. The monoisotopic (exact) mass is 644 g/mol. The van der Waals surface area contributed by atoms with E-state index in [9.17, 15) is 14.4 Å². The van der Waals surface area contributed by atoms with Gasteiger partial charge in [-0.05, 0) is 35.7 Å². The summed E-state index contributed by atoms with van der Waals surface area (Å²) < 4.78 is 13.6. The zero-order valence-corrected chi connectivity index (χ0v) is 25.0. The molecule has 11 heteroatoms. The third-order valence-corrected chi connectivity index (χ3v) is 7.01. The number of ether oxygens (including phenoxy) is 2. The Morgan fingerprint density at radius 3 is 2.61 bits per heavy atom. The van der Waals surface area contributed by atoms with Crippen molar-refractivity contribution in [1.29, 1.82) is 0 Å². The number of amides is 2. The van der Waals surface area contributed by atoms with E-state index < -0.39 is 12.1 Å². The highest BCUT2D eigenvalue weighted by Crippen LogP contribution is 2.23. The number of halogens is 2. The van der Waals surface area contributed by atoms with E-state index in [0.717, 1.165) is 34.3 Å². The molecule has 218 valence electrons. The SMILES string of the molecule is O=C(NCCOC(=O)C1NCCc2ccccc21)OCCN(C(=O)CCC[n+]1ccccc1)c1cccc(Br)c1.[Cl-]. The molecule has 0 radical (unpaired) electrons. The fourth-order valence-electron chi connectivity index (χ4n) is 4.56. The molecule has 3 aromatic rings. The van der Waals surface area contributed by atoms with Gasteiger partial charge in [0.25, 0.3) is 0 Å². The van der Waals surface area contributed by atoms with Crippen molar-refractivity contribution in [2.45, 2.75) is 31.8 Å². The van der Waals surface area contributed by atoms with Gasteiger partial charge in [-0.15, -0.1) is 0 Å².